The van der Waals surface area contributed by atoms with Crippen molar-refractivity contribution in [2.75, 3.05) is 19.6 Å². The lowest BCUT2D eigenvalue weighted by Gasteiger charge is -2.30. The van der Waals surface area contributed by atoms with Crippen LogP contribution in [0.15, 0.2) is 29.3 Å². The van der Waals surface area contributed by atoms with E-state index in [2.05, 4.69) is 10.3 Å². The molecule has 0 fully saturated rings. The lowest BCUT2D eigenvalue weighted by Crippen LogP contribution is -2.47. The fourth-order valence-corrected chi connectivity index (χ4v) is 2.25. The molecule has 1 aliphatic rings. The molecule has 0 unspecified atom stereocenters. The van der Waals surface area contributed by atoms with Crippen molar-refractivity contribution in [3.8, 4) is 0 Å². The molecule has 0 bridgehead atoms. The van der Waals surface area contributed by atoms with Gasteiger partial charge in [0.2, 0.25) is 0 Å². The molecule has 23 heavy (non-hydrogen) atoms. The number of aliphatic imine (C=N–C) groups is 1. The van der Waals surface area contributed by atoms with Gasteiger partial charge in [-0.15, -0.1) is 0 Å². The van der Waals surface area contributed by atoms with Crippen LogP contribution in [0.2, 0.25) is 0 Å². The van der Waals surface area contributed by atoms with E-state index >= 15 is 0 Å². The largest absolute Gasteiger partial charge is 0.444 e. The van der Waals surface area contributed by atoms with E-state index in [1.807, 2.05) is 45.0 Å². The first kappa shape index (κ1) is 17.3. The second-order valence-electron chi connectivity index (χ2n) is 6.56. The van der Waals surface area contributed by atoms with Crippen molar-refractivity contribution in [2.45, 2.75) is 39.5 Å². The third-order valence-corrected chi connectivity index (χ3v) is 3.34. The number of aliphatic hydroxyl groups excluding tert-OH is 1. The summed E-state index contributed by atoms with van der Waals surface area (Å²) in [6, 6.07) is 7.73. The Morgan fingerprint density at radius 3 is 2.83 bits per heavy atom. The van der Waals surface area contributed by atoms with E-state index in [0.29, 0.717) is 26.2 Å². The van der Waals surface area contributed by atoms with Crippen molar-refractivity contribution in [1.82, 2.24) is 10.2 Å². The van der Waals surface area contributed by atoms with Crippen LogP contribution < -0.4 is 5.32 Å². The fraction of sp³-hybridized carbons (Fsp3) is 0.529. The summed E-state index contributed by atoms with van der Waals surface area (Å²) >= 11 is 0. The molecule has 0 radical (unpaired) electrons. The summed E-state index contributed by atoms with van der Waals surface area (Å²) in [5.74, 6) is 0.775. The number of rotatable bonds is 3. The zero-order valence-corrected chi connectivity index (χ0v) is 14.0. The van der Waals surface area contributed by atoms with Crippen LogP contribution in [0.25, 0.3) is 0 Å². The number of carbonyl (C=O) groups excluding carboxylic acids is 1. The molecule has 0 spiro atoms. The van der Waals surface area contributed by atoms with E-state index < -0.39 is 5.60 Å². The van der Waals surface area contributed by atoms with E-state index in [4.69, 9.17) is 9.84 Å². The molecule has 1 aromatic rings. The van der Waals surface area contributed by atoms with Crippen molar-refractivity contribution in [1.29, 1.82) is 0 Å². The smallest absolute Gasteiger partial charge is 0.410 e. The lowest BCUT2D eigenvalue weighted by atomic mass is 10.1. The average Bonchev–Trinajstić information content (AvgIpc) is 2.52. The number of amidine groups is 1. The van der Waals surface area contributed by atoms with Crippen LogP contribution in [-0.4, -0.2) is 47.2 Å². The van der Waals surface area contributed by atoms with Gasteiger partial charge in [0.25, 0.3) is 0 Å². The normalized spacial score (nSPS) is 15.1. The van der Waals surface area contributed by atoms with E-state index in [1.54, 1.807) is 4.90 Å². The van der Waals surface area contributed by atoms with Crippen LogP contribution >= 0.6 is 0 Å². The highest BCUT2D eigenvalue weighted by atomic mass is 16.6. The van der Waals surface area contributed by atoms with E-state index in [0.717, 1.165) is 17.0 Å². The summed E-state index contributed by atoms with van der Waals surface area (Å²) in [7, 11) is 0. The number of carbonyl (C=O) groups is 1. The number of nitrogens with one attached hydrogen (secondary N) is 1. The molecule has 6 nitrogen and oxygen atoms in total. The highest BCUT2D eigenvalue weighted by Crippen LogP contribution is 2.11. The molecule has 0 aromatic heterocycles. The molecule has 0 saturated heterocycles. The Bertz CT molecular complexity index is 579. The molecular weight excluding hydrogens is 294 g/mol. The number of amides is 1. The Morgan fingerprint density at radius 2 is 2.13 bits per heavy atom. The maximum absolute atomic E-state index is 12.1. The minimum atomic E-state index is -0.496. The third kappa shape index (κ3) is 5.56. The maximum Gasteiger partial charge on any atom is 0.410 e. The Hall–Kier alpha value is -2.08. The molecular formula is C17H25N3O3. The maximum atomic E-state index is 12.1. The van der Waals surface area contributed by atoms with Crippen LogP contribution in [0, 0.1) is 0 Å². The van der Waals surface area contributed by atoms with Gasteiger partial charge >= 0.3 is 6.09 Å². The van der Waals surface area contributed by atoms with Crippen LogP contribution in [0.5, 0.6) is 0 Å². The van der Waals surface area contributed by atoms with Crippen molar-refractivity contribution in [3.63, 3.8) is 0 Å². The van der Waals surface area contributed by atoms with Gasteiger partial charge in [0.05, 0.1) is 19.7 Å². The summed E-state index contributed by atoms with van der Waals surface area (Å²) < 4.78 is 5.40. The van der Waals surface area contributed by atoms with Gasteiger partial charge < -0.3 is 15.2 Å². The first-order valence-electron chi connectivity index (χ1n) is 7.81. The van der Waals surface area contributed by atoms with Gasteiger partial charge in [0.1, 0.15) is 11.4 Å². The molecule has 2 rings (SSSR count). The summed E-state index contributed by atoms with van der Waals surface area (Å²) in [6.45, 7) is 7.77. The predicted octanol–water partition coefficient (Wildman–Crippen LogP) is 1.92. The van der Waals surface area contributed by atoms with Gasteiger partial charge in [-0.3, -0.25) is 9.89 Å². The lowest BCUT2D eigenvalue weighted by molar-refractivity contribution is 0.0276. The second-order valence-corrected chi connectivity index (χ2v) is 6.56. The zero-order valence-electron chi connectivity index (χ0n) is 14.0. The second kappa shape index (κ2) is 7.46. The minimum Gasteiger partial charge on any atom is -0.444 e. The molecule has 2 N–H and O–H groups in total. The summed E-state index contributed by atoms with van der Waals surface area (Å²) in [4.78, 5) is 18.2. The quantitative estimate of drug-likeness (QED) is 0.892. The van der Waals surface area contributed by atoms with Gasteiger partial charge in [-0.05, 0) is 31.9 Å². The van der Waals surface area contributed by atoms with Crippen LogP contribution in [0.4, 0.5) is 4.79 Å². The predicted molar refractivity (Wildman–Crippen MR) is 89.3 cm³/mol. The Kier molecular flexibility index (Phi) is 5.60. The monoisotopic (exact) mass is 319 g/mol. The first-order valence-corrected chi connectivity index (χ1v) is 7.81. The Balaban J connectivity index is 1.88. The molecule has 1 heterocycles. The van der Waals surface area contributed by atoms with Crippen molar-refractivity contribution < 1.29 is 14.6 Å². The van der Waals surface area contributed by atoms with Gasteiger partial charge in [-0.1, -0.05) is 24.3 Å². The molecule has 126 valence electrons. The van der Waals surface area contributed by atoms with E-state index in [1.165, 1.54) is 0 Å². The number of aliphatic hydroxyl groups is 1. The van der Waals surface area contributed by atoms with Crippen LogP contribution in [0.3, 0.4) is 0 Å². The SMILES string of the molecule is CC(C)(C)OC(=O)N1CCN=C(NCc2cccc(CO)c2)C1. The van der Waals surface area contributed by atoms with E-state index in [9.17, 15) is 4.79 Å². The number of hydrogen-bond donors (Lipinski definition) is 2. The summed E-state index contributed by atoms with van der Waals surface area (Å²) in [5.41, 5.74) is 1.45. The highest BCUT2D eigenvalue weighted by Gasteiger charge is 2.24. The first-order chi connectivity index (χ1) is 10.9. The summed E-state index contributed by atoms with van der Waals surface area (Å²) in [5, 5.41) is 12.4. The molecule has 0 saturated carbocycles. The molecule has 0 aliphatic carbocycles. The topological polar surface area (TPSA) is 74.2 Å². The van der Waals surface area contributed by atoms with E-state index in [-0.39, 0.29) is 12.7 Å². The number of benzene rings is 1. The molecule has 0 atom stereocenters. The van der Waals surface area contributed by atoms with Gasteiger partial charge in [-0.2, -0.15) is 0 Å². The standard InChI is InChI=1S/C17H25N3O3/c1-17(2,3)23-16(22)20-8-7-18-15(11-20)19-10-13-5-4-6-14(9-13)12-21/h4-6,9,21H,7-8,10-12H2,1-3H3,(H,18,19). The molecule has 6 heteroatoms. The van der Waals surface area contributed by atoms with Crippen molar-refractivity contribution in [3.05, 3.63) is 35.4 Å². The van der Waals surface area contributed by atoms with Gasteiger partial charge in [-0.25, -0.2) is 4.79 Å². The molecule has 1 aromatic carbocycles. The number of hydrogen-bond acceptors (Lipinski definition) is 5. The zero-order chi connectivity index (χ0) is 16.9. The Morgan fingerprint density at radius 1 is 1.39 bits per heavy atom. The van der Waals surface area contributed by atoms with Crippen LogP contribution in [0.1, 0.15) is 31.9 Å². The van der Waals surface area contributed by atoms with Crippen LogP contribution in [-0.2, 0) is 17.9 Å². The number of ether oxygens (including phenoxy) is 1. The fourth-order valence-electron chi connectivity index (χ4n) is 2.25. The third-order valence-electron chi connectivity index (χ3n) is 3.34. The highest BCUT2D eigenvalue weighted by molar-refractivity contribution is 5.87. The minimum absolute atomic E-state index is 0.0290. The van der Waals surface area contributed by atoms with Gasteiger partial charge in [0, 0.05) is 13.1 Å². The van der Waals surface area contributed by atoms with Gasteiger partial charge in [0.15, 0.2) is 0 Å². The average molecular weight is 319 g/mol. The van der Waals surface area contributed by atoms with Crippen molar-refractivity contribution in [2.24, 2.45) is 4.99 Å². The summed E-state index contributed by atoms with van der Waals surface area (Å²) in [6.07, 6.45) is -0.311. The molecule has 1 amide bonds. The molecule has 1 aliphatic heterocycles. The number of nitrogens with zero attached hydrogens (tertiary/aromatic N) is 2. The van der Waals surface area contributed by atoms with Crippen molar-refractivity contribution >= 4 is 11.9 Å². The Labute approximate surface area is 137 Å².